The first-order valence-electron chi connectivity index (χ1n) is 22.3. The molecule has 8 rings (SSSR count). The topological polar surface area (TPSA) is 384 Å². The minimum absolute atomic E-state index is 0.0244. The van der Waals surface area contributed by atoms with Gasteiger partial charge in [-0.15, -0.1) is 0 Å². The number of nitrogens with one attached hydrogen (secondary N) is 4. The Bertz CT molecular complexity index is 3080. The summed E-state index contributed by atoms with van der Waals surface area (Å²) in [6.07, 6.45) is -1.05. The van der Waals surface area contributed by atoms with Gasteiger partial charge in [0.25, 0.3) is 11.5 Å². The van der Waals surface area contributed by atoms with Crippen LogP contribution in [0.3, 0.4) is 0 Å². The average molecular weight is 1040 g/mol. The predicted molar refractivity (Wildman–Crippen MR) is 260 cm³/mol. The molecule has 1 aliphatic carbocycles. The normalized spacial score (nSPS) is 20.4. The molecule has 73 heavy (non-hydrogen) atoms. The van der Waals surface area contributed by atoms with Gasteiger partial charge in [-0.05, 0) is 55.3 Å². The number of benzene rings is 2. The number of nitrogens with two attached hydrogens (primary N) is 3. The van der Waals surface area contributed by atoms with Gasteiger partial charge in [0.05, 0.1) is 47.3 Å². The van der Waals surface area contributed by atoms with Gasteiger partial charge in [0, 0.05) is 59.2 Å². The standard InChI is InChI=1S/C46H47N11O14S2/c1-20-34(48)38(60)33-26(18-70-44(49)67)46(69-2)39-30(16-56(46)36(33)37(20)59)57(39)45(68)71-17-21-3-9-25(10-4-21)73-72-19-29(43(65)66)53-32(58)12-11-27(42(63)64)54-40(61)22-5-7-23(8-6-22)50-14-24-15-51-28-13-31(47)55-41(62)35(28)52-24/h3-10,13,15,26-27,29-30,39,50H,11-12,14,16-19,48H2,1-2H3,(H2,49,67)(H,53,58)(H,54,61)(H,63,64)(H,65,66)(H3,47,55,62)/t26-,27+,29?,30+,39+,46-,57?/m1/s1. The Morgan fingerprint density at radius 1 is 0.959 bits per heavy atom. The van der Waals surface area contributed by atoms with Crippen molar-refractivity contribution in [2.24, 2.45) is 17.4 Å². The number of primary amides is 1. The molecule has 2 aromatic carbocycles. The first-order valence-corrected chi connectivity index (χ1v) is 24.6. The van der Waals surface area contributed by atoms with Gasteiger partial charge in [-0.25, -0.2) is 24.2 Å². The largest absolute Gasteiger partial charge is 0.480 e. The van der Waals surface area contributed by atoms with E-state index in [1.807, 2.05) is 0 Å². The Morgan fingerprint density at radius 3 is 2.34 bits per heavy atom. The highest BCUT2D eigenvalue weighted by molar-refractivity contribution is 8.76. The highest BCUT2D eigenvalue weighted by Gasteiger charge is 2.78. The average Bonchev–Trinajstić information content (AvgIpc) is 3.88. The summed E-state index contributed by atoms with van der Waals surface area (Å²) in [4.78, 5) is 129. The number of rotatable bonds is 20. The number of ketones is 2. The third kappa shape index (κ3) is 10.3. The zero-order valence-electron chi connectivity index (χ0n) is 38.7. The number of carbonyl (C=O) groups is 8. The molecule has 0 spiro atoms. The van der Waals surface area contributed by atoms with E-state index in [2.05, 4.69) is 30.9 Å². The fraction of sp³-hybridized carbons (Fsp3) is 0.326. The zero-order valence-corrected chi connectivity index (χ0v) is 40.4. The third-order valence-corrected chi connectivity index (χ3v) is 15.1. The van der Waals surface area contributed by atoms with Crippen LogP contribution in [0.5, 0.6) is 0 Å². The number of fused-ring (bicyclic) bond motifs is 5. The molecule has 12 N–H and O–H groups in total. The summed E-state index contributed by atoms with van der Waals surface area (Å²) in [7, 11) is 3.73. The molecule has 382 valence electrons. The summed E-state index contributed by atoms with van der Waals surface area (Å²) in [5.74, 6) is -6.16. The number of nitrogens with zero attached hydrogens (tertiary/aromatic N) is 4. The lowest BCUT2D eigenvalue weighted by molar-refractivity contribution is -0.144. The van der Waals surface area contributed by atoms with Crippen LogP contribution in [0.15, 0.2) is 93.0 Å². The van der Waals surface area contributed by atoms with E-state index in [1.54, 1.807) is 41.3 Å². The van der Waals surface area contributed by atoms with Crippen LogP contribution in [0, 0.1) is 5.92 Å². The van der Waals surface area contributed by atoms with E-state index in [0.717, 1.165) is 10.8 Å². The monoisotopic (exact) mass is 1040 g/mol. The predicted octanol–water partition coefficient (Wildman–Crippen LogP) is 1.20. The van der Waals surface area contributed by atoms with Crippen LogP contribution in [0.2, 0.25) is 0 Å². The van der Waals surface area contributed by atoms with Gasteiger partial charge in [0.15, 0.2) is 11.2 Å². The maximum atomic E-state index is 13.5. The number of aromatic nitrogens is 3. The van der Waals surface area contributed by atoms with Gasteiger partial charge in [0.1, 0.15) is 37.2 Å². The number of piperazine rings is 1. The van der Waals surface area contributed by atoms with Crippen LogP contribution in [-0.4, -0.2) is 138 Å². The quantitative estimate of drug-likeness (QED) is 0.0341. The molecular weight excluding hydrogens is 995 g/mol. The number of carboxylic acid groups (broad SMARTS) is 2. The highest BCUT2D eigenvalue weighted by Crippen LogP contribution is 2.60. The highest BCUT2D eigenvalue weighted by atomic mass is 33.1. The Labute approximate surface area is 421 Å². The van der Waals surface area contributed by atoms with Crippen LogP contribution in [0.1, 0.15) is 41.4 Å². The number of hydrogen-bond acceptors (Lipinski definition) is 20. The lowest BCUT2D eigenvalue weighted by atomic mass is 9.82. The van der Waals surface area contributed by atoms with E-state index in [0.29, 0.717) is 27.4 Å². The number of pyridine rings is 1. The van der Waals surface area contributed by atoms with Gasteiger partial charge >= 0.3 is 24.1 Å². The smallest absolute Gasteiger partial charge is 0.410 e. The Kier molecular flexibility index (Phi) is 14.6. The number of carboxylic acids is 2. The molecule has 4 aliphatic rings. The molecule has 25 nitrogen and oxygen atoms in total. The molecule has 27 heteroatoms. The second kappa shape index (κ2) is 20.9. The number of ether oxygens (including phenoxy) is 3. The summed E-state index contributed by atoms with van der Waals surface area (Å²) in [6, 6.07) is 10.5. The van der Waals surface area contributed by atoms with E-state index in [1.165, 1.54) is 54.1 Å². The van der Waals surface area contributed by atoms with Crippen molar-refractivity contribution in [3.05, 3.63) is 111 Å². The van der Waals surface area contributed by atoms with Crippen molar-refractivity contribution in [3.63, 3.8) is 0 Å². The number of allylic oxidation sites excluding steroid dienone is 2. The van der Waals surface area contributed by atoms with Gasteiger partial charge in [-0.1, -0.05) is 33.7 Å². The van der Waals surface area contributed by atoms with E-state index in [-0.39, 0.29) is 71.3 Å². The lowest BCUT2D eigenvalue weighted by Crippen LogP contribution is -2.56. The maximum Gasteiger partial charge on any atom is 0.410 e. The Hall–Kier alpha value is -8.17. The van der Waals surface area contributed by atoms with E-state index >= 15 is 0 Å². The number of nitrogen functional groups attached to an aromatic ring is 1. The van der Waals surface area contributed by atoms with Crippen LogP contribution < -0.4 is 38.7 Å². The molecule has 2 fully saturated rings. The van der Waals surface area contributed by atoms with Crippen LogP contribution in [0.4, 0.5) is 21.1 Å². The number of H-pyrrole nitrogens is 1. The van der Waals surface area contributed by atoms with Crippen LogP contribution in [-0.2, 0) is 51.3 Å². The number of anilines is 2. The van der Waals surface area contributed by atoms with Crippen molar-refractivity contribution in [3.8, 4) is 0 Å². The van der Waals surface area contributed by atoms with Gasteiger partial charge < -0.3 is 67.5 Å². The summed E-state index contributed by atoms with van der Waals surface area (Å²) in [6.45, 7) is 1.21. The molecule has 5 heterocycles. The van der Waals surface area contributed by atoms with Crippen molar-refractivity contribution in [2.75, 3.05) is 37.1 Å². The number of amides is 4. The van der Waals surface area contributed by atoms with Crippen molar-refractivity contribution in [1.82, 2.24) is 35.4 Å². The molecule has 0 saturated carbocycles. The molecule has 4 amide bonds. The SMILES string of the molecule is CO[C@@]12[C@H](COC(N)=O)C3=C(C(=O)C(C)=C(N)C3=O)N1C[C@H]1[C@@H]2N1C(=O)OCc1ccc(SSCC(NC(=O)CC[C@H](NC(=O)c2ccc(NCc3cnc4cc(N)[nH]c(=O)c4n3)cc2)C(=O)O)C(=O)O)cc1. The molecule has 0 radical (unpaired) electrons. The number of hydrogen-bond donors (Lipinski definition) is 9. The second-order valence-corrected chi connectivity index (χ2v) is 19.5. The van der Waals surface area contributed by atoms with Crippen molar-refractivity contribution >= 4 is 91.6 Å². The number of carbonyl (C=O) groups excluding carboxylic acids is 6. The molecule has 6 atom stereocenters. The van der Waals surface area contributed by atoms with Gasteiger partial charge in [0.2, 0.25) is 17.5 Å². The van der Waals surface area contributed by atoms with Crippen molar-refractivity contribution in [2.45, 2.75) is 67.7 Å². The third-order valence-electron chi connectivity index (χ3n) is 12.7. The maximum absolute atomic E-state index is 13.5. The number of aliphatic carboxylic acids is 2. The van der Waals surface area contributed by atoms with Crippen LogP contribution in [0.25, 0.3) is 11.0 Å². The Morgan fingerprint density at radius 2 is 1.67 bits per heavy atom. The number of Topliss-reactive ketones (excluding diaryl/α,β-unsaturated/α-hetero) is 2. The summed E-state index contributed by atoms with van der Waals surface area (Å²) >= 11 is 0. The molecule has 2 saturated heterocycles. The summed E-state index contributed by atoms with van der Waals surface area (Å²) in [5, 5.41) is 27.5. The number of aromatic amines is 1. The minimum atomic E-state index is -1.47. The minimum Gasteiger partial charge on any atom is -0.480 e. The Balaban J connectivity index is 0.768. The fourth-order valence-electron chi connectivity index (χ4n) is 9.07. The van der Waals surface area contributed by atoms with Gasteiger partial charge in [-0.3, -0.25) is 33.9 Å². The molecule has 1 unspecified atom stereocenters. The lowest BCUT2D eigenvalue weighted by Gasteiger charge is -2.40. The number of methoxy groups -OCH3 is 1. The molecule has 0 bridgehead atoms. The summed E-state index contributed by atoms with van der Waals surface area (Å²) < 4.78 is 16.8. The molecular formula is C46H47N11O14S2. The van der Waals surface area contributed by atoms with E-state index < -0.39 is 102 Å². The van der Waals surface area contributed by atoms with Crippen molar-refractivity contribution in [1.29, 1.82) is 0 Å². The summed E-state index contributed by atoms with van der Waals surface area (Å²) in [5.41, 5.74) is 17.2. The fourth-order valence-corrected chi connectivity index (χ4v) is 11.2. The second-order valence-electron chi connectivity index (χ2n) is 17.1. The first kappa shape index (κ1) is 51.2. The first-order chi connectivity index (χ1) is 34.8. The van der Waals surface area contributed by atoms with Gasteiger partial charge in [-0.2, -0.15) is 0 Å². The molecule has 2 aromatic heterocycles. The molecule has 4 aromatic rings. The van der Waals surface area contributed by atoms with Crippen molar-refractivity contribution < 1.29 is 62.8 Å². The van der Waals surface area contributed by atoms with Crippen LogP contribution >= 0.6 is 21.6 Å². The zero-order chi connectivity index (χ0) is 52.5. The molecule has 3 aliphatic heterocycles. The van der Waals surface area contributed by atoms with E-state index in [4.69, 9.17) is 31.4 Å². The van der Waals surface area contributed by atoms with E-state index in [9.17, 15) is 53.4 Å².